The van der Waals surface area contributed by atoms with Crippen LogP contribution in [0.3, 0.4) is 0 Å². The zero-order valence-electron chi connectivity index (χ0n) is 9.61. The summed E-state index contributed by atoms with van der Waals surface area (Å²) in [5.74, 6) is 0.935. The van der Waals surface area contributed by atoms with Gasteiger partial charge in [-0.25, -0.2) is 0 Å². The van der Waals surface area contributed by atoms with E-state index in [1.807, 2.05) is 0 Å². The molecular weight excluding hydrogens is 144 g/mol. The van der Waals surface area contributed by atoms with Crippen LogP contribution in [-0.4, -0.2) is 0 Å². The highest BCUT2D eigenvalue weighted by Gasteiger charge is 2.09. The molecule has 1 unspecified atom stereocenters. The zero-order valence-corrected chi connectivity index (χ0v) is 9.61. The summed E-state index contributed by atoms with van der Waals surface area (Å²) < 4.78 is 0. The van der Waals surface area contributed by atoms with E-state index in [2.05, 4.69) is 34.6 Å². The van der Waals surface area contributed by atoms with Crippen LogP contribution in [0.5, 0.6) is 0 Å². The van der Waals surface area contributed by atoms with Crippen LogP contribution in [0.1, 0.15) is 66.7 Å². The Bertz CT molecular complexity index is 97.1. The molecule has 0 spiro atoms. The Morgan fingerprint density at radius 1 is 1.08 bits per heavy atom. The number of hydrogen-bond acceptors (Lipinski definition) is 0. The van der Waals surface area contributed by atoms with Crippen LogP contribution in [0.25, 0.3) is 0 Å². The van der Waals surface area contributed by atoms with E-state index in [0.717, 1.165) is 5.92 Å². The van der Waals surface area contributed by atoms with E-state index < -0.39 is 0 Å². The molecule has 0 radical (unpaired) electrons. The molecule has 0 N–H and O–H groups in total. The highest BCUT2D eigenvalue weighted by atomic mass is 14.1. The average Bonchev–Trinajstić information content (AvgIpc) is 1.96. The molecule has 0 aliphatic rings. The van der Waals surface area contributed by atoms with E-state index in [9.17, 15) is 0 Å². The molecule has 0 aliphatic heterocycles. The Balaban J connectivity index is 3.22. The lowest BCUT2D eigenvalue weighted by molar-refractivity contribution is 0.348. The Morgan fingerprint density at radius 3 is 2.08 bits per heavy atom. The van der Waals surface area contributed by atoms with Crippen LogP contribution in [-0.2, 0) is 0 Å². The molecule has 0 amide bonds. The first kappa shape index (κ1) is 12.0. The van der Waals surface area contributed by atoms with E-state index in [1.165, 1.54) is 32.1 Å². The van der Waals surface area contributed by atoms with Crippen molar-refractivity contribution in [3.05, 3.63) is 0 Å². The Hall–Kier alpha value is 0. The lowest BCUT2D eigenvalue weighted by Gasteiger charge is -2.18. The molecule has 0 nitrogen and oxygen atoms in total. The van der Waals surface area contributed by atoms with Gasteiger partial charge in [0.15, 0.2) is 0 Å². The van der Waals surface area contributed by atoms with Crippen molar-refractivity contribution >= 4 is 0 Å². The van der Waals surface area contributed by atoms with Gasteiger partial charge in [0.05, 0.1) is 0 Å². The lowest BCUT2D eigenvalue weighted by Crippen LogP contribution is -2.04. The Morgan fingerprint density at radius 2 is 1.67 bits per heavy atom. The smallest absolute Gasteiger partial charge is 0.0383 e. The van der Waals surface area contributed by atoms with E-state index in [4.69, 9.17) is 0 Å². The van der Waals surface area contributed by atoms with Crippen molar-refractivity contribution in [1.29, 1.82) is 0 Å². The minimum Gasteiger partial charge on any atom is -0.0651 e. The minimum atomic E-state index is 0.537. The summed E-state index contributed by atoms with van der Waals surface area (Å²) >= 11 is 0. The van der Waals surface area contributed by atoms with Crippen molar-refractivity contribution in [2.24, 2.45) is 11.3 Å². The molecule has 74 valence electrons. The van der Waals surface area contributed by atoms with Crippen molar-refractivity contribution in [2.45, 2.75) is 66.7 Å². The second-order valence-electron chi connectivity index (χ2n) is 5.32. The fourth-order valence-electron chi connectivity index (χ4n) is 1.35. The van der Waals surface area contributed by atoms with Crippen molar-refractivity contribution in [3.63, 3.8) is 0 Å². The summed E-state index contributed by atoms with van der Waals surface area (Å²) in [7, 11) is 0. The van der Waals surface area contributed by atoms with Crippen LogP contribution in [0.15, 0.2) is 0 Å². The molecule has 0 rings (SSSR count). The molecule has 0 aliphatic carbocycles. The first-order valence-electron chi connectivity index (χ1n) is 5.45. The van der Waals surface area contributed by atoms with Gasteiger partial charge in [0, 0.05) is 0 Å². The monoisotopic (exact) mass is 170 g/mol. The third-order valence-electron chi connectivity index (χ3n) is 2.57. The molecule has 0 heteroatoms. The summed E-state index contributed by atoms with van der Waals surface area (Å²) in [5.41, 5.74) is 0.537. The lowest BCUT2D eigenvalue weighted by atomic mass is 9.88. The van der Waals surface area contributed by atoms with E-state index >= 15 is 0 Å². The third-order valence-corrected chi connectivity index (χ3v) is 2.57. The van der Waals surface area contributed by atoms with Crippen molar-refractivity contribution in [1.82, 2.24) is 0 Å². The maximum Gasteiger partial charge on any atom is -0.0383 e. The fraction of sp³-hybridized carbons (Fsp3) is 1.00. The maximum atomic E-state index is 2.36. The summed E-state index contributed by atoms with van der Waals surface area (Å²) in [6, 6.07) is 0. The molecule has 0 saturated heterocycles. The van der Waals surface area contributed by atoms with Gasteiger partial charge >= 0.3 is 0 Å². The van der Waals surface area contributed by atoms with Gasteiger partial charge < -0.3 is 0 Å². The average molecular weight is 170 g/mol. The van der Waals surface area contributed by atoms with Crippen LogP contribution in [0, 0.1) is 11.3 Å². The third kappa shape index (κ3) is 8.10. The minimum absolute atomic E-state index is 0.537. The van der Waals surface area contributed by atoms with Gasteiger partial charge in [0.1, 0.15) is 0 Å². The summed E-state index contributed by atoms with van der Waals surface area (Å²) in [4.78, 5) is 0. The van der Waals surface area contributed by atoms with Gasteiger partial charge in [0.25, 0.3) is 0 Å². The van der Waals surface area contributed by atoms with E-state index in [-0.39, 0.29) is 0 Å². The largest absolute Gasteiger partial charge is 0.0651 e. The van der Waals surface area contributed by atoms with Gasteiger partial charge in [-0.05, 0) is 17.8 Å². The first-order chi connectivity index (χ1) is 5.45. The predicted octanol–water partition coefficient (Wildman–Crippen LogP) is 4.64. The molecular formula is C12H26. The Kier molecular flexibility index (Phi) is 5.61. The summed E-state index contributed by atoms with van der Waals surface area (Å²) in [6.45, 7) is 11.6. The number of unbranched alkanes of at least 4 members (excludes halogenated alkanes) is 1. The van der Waals surface area contributed by atoms with Crippen LogP contribution in [0.4, 0.5) is 0 Å². The molecule has 0 aromatic carbocycles. The SMILES string of the molecule is CCC(C)CCCCC(C)(C)C. The van der Waals surface area contributed by atoms with Crippen LogP contribution < -0.4 is 0 Å². The maximum absolute atomic E-state index is 2.36. The highest BCUT2D eigenvalue weighted by Crippen LogP contribution is 2.23. The summed E-state index contributed by atoms with van der Waals surface area (Å²) in [5, 5.41) is 0. The molecule has 0 aromatic heterocycles. The number of hydrogen-bond donors (Lipinski definition) is 0. The molecule has 0 fully saturated rings. The van der Waals surface area contributed by atoms with Gasteiger partial charge in [-0.3, -0.25) is 0 Å². The quantitative estimate of drug-likeness (QED) is 0.527. The molecule has 0 aromatic rings. The molecule has 0 saturated carbocycles. The van der Waals surface area contributed by atoms with Gasteiger partial charge in [0.2, 0.25) is 0 Å². The predicted molar refractivity (Wildman–Crippen MR) is 57.4 cm³/mol. The van der Waals surface area contributed by atoms with Crippen molar-refractivity contribution in [2.75, 3.05) is 0 Å². The zero-order chi connectivity index (χ0) is 9.61. The highest BCUT2D eigenvalue weighted by molar-refractivity contribution is 4.61. The Labute approximate surface area is 78.8 Å². The molecule has 0 heterocycles. The molecule has 1 atom stereocenters. The second kappa shape index (κ2) is 5.61. The van der Waals surface area contributed by atoms with Crippen LogP contribution in [0.2, 0.25) is 0 Å². The molecule has 0 bridgehead atoms. The standard InChI is InChI=1S/C12H26/c1-6-11(2)9-7-8-10-12(3,4)5/h11H,6-10H2,1-5H3. The topological polar surface area (TPSA) is 0 Å². The van der Waals surface area contributed by atoms with Gasteiger partial charge in [-0.15, -0.1) is 0 Å². The fourth-order valence-corrected chi connectivity index (χ4v) is 1.35. The van der Waals surface area contributed by atoms with Crippen molar-refractivity contribution < 1.29 is 0 Å². The summed E-state index contributed by atoms with van der Waals surface area (Å²) in [6.07, 6.45) is 6.98. The van der Waals surface area contributed by atoms with Gasteiger partial charge in [-0.1, -0.05) is 60.3 Å². The number of rotatable bonds is 5. The van der Waals surface area contributed by atoms with E-state index in [0.29, 0.717) is 5.41 Å². The van der Waals surface area contributed by atoms with Crippen LogP contribution >= 0.6 is 0 Å². The first-order valence-corrected chi connectivity index (χ1v) is 5.45. The van der Waals surface area contributed by atoms with Gasteiger partial charge in [-0.2, -0.15) is 0 Å². The van der Waals surface area contributed by atoms with Crippen molar-refractivity contribution in [3.8, 4) is 0 Å². The molecule has 12 heavy (non-hydrogen) atoms. The second-order valence-corrected chi connectivity index (χ2v) is 5.32. The van der Waals surface area contributed by atoms with E-state index in [1.54, 1.807) is 0 Å². The normalized spacial score (nSPS) is 14.8.